The van der Waals surface area contributed by atoms with E-state index >= 15 is 0 Å². The van der Waals surface area contributed by atoms with Crippen LogP contribution in [0.25, 0.3) is 22.2 Å². The molecular formula is C22H25F2N7O. The first kappa shape index (κ1) is 20.7. The van der Waals surface area contributed by atoms with Gasteiger partial charge in [0.25, 0.3) is 0 Å². The van der Waals surface area contributed by atoms with E-state index in [4.69, 9.17) is 5.73 Å². The summed E-state index contributed by atoms with van der Waals surface area (Å²) in [6.07, 6.45) is 5.95. The van der Waals surface area contributed by atoms with Crippen molar-refractivity contribution < 1.29 is 13.6 Å². The van der Waals surface area contributed by atoms with Crippen LogP contribution in [0.4, 0.5) is 14.6 Å². The first-order chi connectivity index (χ1) is 15.5. The van der Waals surface area contributed by atoms with Crippen molar-refractivity contribution in [1.82, 2.24) is 24.6 Å². The summed E-state index contributed by atoms with van der Waals surface area (Å²) in [5.41, 5.74) is 7.29. The summed E-state index contributed by atoms with van der Waals surface area (Å²) in [6.45, 7) is 2.66. The Morgan fingerprint density at radius 3 is 2.69 bits per heavy atom. The molecule has 0 aliphatic carbocycles. The van der Waals surface area contributed by atoms with Crippen LogP contribution in [0.1, 0.15) is 25.3 Å². The van der Waals surface area contributed by atoms with Crippen molar-refractivity contribution in [3.63, 3.8) is 0 Å². The molecule has 3 aromatic heterocycles. The highest BCUT2D eigenvalue weighted by Gasteiger charge is 2.25. The zero-order valence-corrected chi connectivity index (χ0v) is 17.6. The van der Waals surface area contributed by atoms with Crippen molar-refractivity contribution in [3.8, 4) is 11.1 Å². The van der Waals surface area contributed by atoms with E-state index in [-0.39, 0.29) is 18.5 Å². The van der Waals surface area contributed by atoms with Crippen LogP contribution in [0, 0.1) is 5.82 Å². The van der Waals surface area contributed by atoms with Crippen molar-refractivity contribution in [3.05, 3.63) is 36.5 Å². The number of rotatable bonds is 5. The second-order valence-electron chi connectivity index (χ2n) is 8.53. The maximum absolute atomic E-state index is 14.9. The minimum atomic E-state index is -0.870. The zero-order valence-electron chi connectivity index (χ0n) is 17.6. The molecule has 0 aromatic carbocycles. The van der Waals surface area contributed by atoms with Crippen LogP contribution in [0.3, 0.4) is 0 Å². The Balaban J connectivity index is 1.43. The number of carbonyl (C=O) groups excluding carboxylic acids is 1. The number of nitrogens with two attached hydrogens (primary N) is 1. The number of aromatic nitrogens is 4. The lowest BCUT2D eigenvalue weighted by Crippen LogP contribution is -2.40. The lowest BCUT2D eigenvalue weighted by Gasteiger charge is -2.31. The van der Waals surface area contributed by atoms with E-state index in [1.807, 2.05) is 20.7 Å². The number of likely N-dealkylation sites (tertiary alicyclic amines) is 1. The van der Waals surface area contributed by atoms with Gasteiger partial charge in [-0.25, -0.2) is 13.8 Å². The average Bonchev–Trinajstić information content (AvgIpc) is 3.43. The van der Waals surface area contributed by atoms with Crippen molar-refractivity contribution in [2.75, 3.05) is 37.6 Å². The van der Waals surface area contributed by atoms with Gasteiger partial charge in [-0.15, -0.1) is 0 Å². The summed E-state index contributed by atoms with van der Waals surface area (Å²) in [4.78, 5) is 23.9. The van der Waals surface area contributed by atoms with E-state index in [2.05, 4.69) is 15.1 Å². The molecule has 168 valence electrons. The van der Waals surface area contributed by atoms with E-state index in [0.29, 0.717) is 47.5 Å². The number of fused-ring (bicyclic) bond motifs is 1. The Bertz CT molecular complexity index is 1140. The third-order valence-corrected chi connectivity index (χ3v) is 6.31. The lowest BCUT2D eigenvalue weighted by atomic mass is 10.0. The molecule has 1 unspecified atom stereocenters. The first-order valence-electron chi connectivity index (χ1n) is 10.9. The Morgan fingerprint density at radius 2 is 1.97 bits per heavy atom. The molecule has 0 saturated carbocycles. The van der Waals surface area contributed by atoms with Crippen molar-refractivity contribution in [1.29, 1.82) is 0 Å². The van der Waals surface area contributed by atoms with Crippen molar-refractivity contribution in [2.24, 2.45) is 5.73 Å². The molecule has 5 heterocycles. The van der Waals surface area contributed by atoms with Crippen LogP contribution >= 0.6 is 0 Å². The van der Waals surface area contributed by atoms with Gasteiger partial charge in [0, 0.05) is 31.4 Å². The third-order valence-electron chi connectivity index (χ3n) is 6.31. The number of alkyl halides is 1. The van der Waals surface area contributed by atoms with Gasteiger partial charge >= 0.3 is 0 Å². The number of primary amides is 1. The molecule has 0 bridgehead atoms. The fourth-order valence-electron chi connectivity index (χ4n) is 4.64. The molecule has 2 saturated heterocycles. The number of halogens is 2. The van der Waals surface area contributed by atoms with Gasteiger partial charge in [0.15, 0.2) is 5.82 Å². The molecular weight excluding hydrogens is 416 g/mol. The smallest absolute Gasteiger partial charge is 0.231 e. The molecule has 1 atom stereocenters. The van der Waals surface area contributed by atoms with Gasteiger partial charge in [-0.1, -0.05) is 0 Å². The van der Waals surface area contributed by atoms with Crippen LogP contribution < -0.4 is 10.6 Å². The molecule has 32 heavy (non-hydrogen) atoms. The summed E-state index contributed by atoms with van der Waals surface area (Å²) in [7, 11) is 0. The number of carbonyl (C=O) groups is 1. The number of anilines is 1. The SMILES string of the molecule is NC(=O)CN1CCC(n2cc(-c3c(F)cnc4ccc(N5CCC(F)C5)nc34)cn2)CC1. The Morgan fingerprint density at radius 1 is 1.16 bits per heavy atom. The van der Waals surface area contributed by atoms with Gasteiger partial charge in [0.1, 0.15) is 17.5 Å². The summed E-state index contributed by atoms with van der Waals surface area (Å²) in [5, 5.41) is 4.49. The fraction of sp³-hybridized carbons (Fsp3) is 0.455. The molecule has 2 fully saturated rings. The Hall–Kier alpha value is -3.14. The van der Waals surface area contributed by atoms with Gasteiger partial charge in [-0.2, -0.15) is 5.10 Å². The second kappa shape index (κ2) is 8.42. The monoisotopic (exact) mass is 441 g/mol. The molecule has 0 spiro atoms. The highest BCUT2D eigenvalue weighted by molar-refractivity contribution is 5.92. The van der Waals surface area contributed by atoms with E-state index in [1.54, 1.807) is 18.3 Å². The van der Waals surface area contributed by atoms with Crippen LogP contribution in [-0.4, -0.2) is 69.5 Å². The molecule has 2 aliphatic heterocycles. The highest BCUT2D eigenvalue weighted by Crippen LogP contribution is 2.32. The lowest BCUT2D eigenvalue weighted by molar-refractivity contribution is -0.119. The fourth-order valence-corrected chi connectivity index (χ4v) is 4.64. The summed E-state index contributed by atoms with van der Waals surface area (Å²) < 4.78 is 30.5. The van der Waals surface area contributed by atoms with Gasteiger partial charge in [-0.05, 0) is 31.4 Å². The maximum atomic E-state index is 14.9. The topological polar surface area (TPSA) is 93.2 Å². The minimum absolute atomic E-state index is 0.165. The predicted octanol–water partition coefficient (Wildman–Crippen LogP) is 2.30. The van der Waals surface area contributed by atoms with Gasteiger partial charge in [0.2, 0.25) is 5.91 Å². The van der Waals surface area contributed by atoms with Crippen molar-refractivity contribution in [2.45, 2.75) is 31.5 Å². The molecule has 1 amide bonds. The van der Waals surface area contributed by atoms with E-state index in [9.17, 15) is 13.6 Å². The first-order valence-corrected chi connectivity index (χ1v) is 10.9. The number of piperidine rings is 1. The van der Waals surface area contributed by atoms with Gasteiger partial charge in [-0.3, -0.25) is 19.4 Å². The van der Waals surface area contributed by atoms with Gasteiger partial charge < -0.3 is 10.6 Å². The number of pyridine rings is 2. The summed E-state index contributed by atoms with van der Waals surface area (Å²) >= 11 is 0. The Kier molecular flexibility index (Phi) is 5.46. The molecule has 2 aliphatic rings. The number of hydrogen-bond donors (Lipinski definition) is 1. The average molecular weight is 441 g/mol. The van der Waals surface area contributed by atoms with Crippen LogP contribution in [-0.2, 0) is 4.79 Å². The largest absolute Gasteiger partial charge is 0.369 e. The highest BCUT2D eigenvalue weighted by atomic mass is 19.1. The van der Waals surface area contributed by atoms with Crippen LogP contribution in [0.2, 0.25) is 0 Å². The van der Waals surface area contributed by atoms with Crippen LogP contribution in [0.5, 0.6) is 0 Å². The summed E-state index contributed by atoms with van der Waals surface area (Å²) in [6, 6.07) is 3.77. The maximum Gasteiger partial charge on any atom is 0.231 e. The standard InChI is InChI=1S/C22H25F2N7O/c23-15-3-8-30(12-15)20-2-1-18-22(28-20)21(17(24)10-26-18)14-9-27-31(11-14)16-4-6-29(7-5-16)13-19(25)32/h1-2,9-11,15-16H,3-8,12-13H2,(H2,25,32). The van der Waals surface area contributed by atoms with Gasteiger partial charge in [0.05, 0.1) is 42.6 Å². The number of amides is 1. The minimum Gasteiger partial charge on any atom is -0.369 e. The van der Waals surface area contributed by atoms with E-state index in [1.165, 1.54) is 6.20 Å². The normalized spacial score (nSPS) is 20.3. The number of hydrogen-bond acceptors (Lipinski definition) is 6. The Labute approximate surface area is 184 Å². The molecule has 0 radical (unpaired) electrons. The third kappa shape index (κ3) is 4.02. The second-order valence-corrected chi connectivity index (χ2v) is 8.53. The quantitative estimate of drug-likeness (QED) is 0.653. The van der Waals surface area contributed by atoms with E-state index < -0.39 is 12.0 Å². The molecule has 10 heteroatoms. The predicted molar refractivity (Wildman–Crippen MR) is 116 cm³/mol. The molecule has 8 nitrogen and oxygen atoms in total. The van der Waals surface area contributed by atoms with Crippen molar-refractivity contribution >= 4 is 22.8 Å². The van der Waals surface area contributed by atoms with Crippen LogP contribution in [0.15, 0.2) is 30.7 Å². The molecule has 3 aromatic rings. The number of nitrogens with zero attached hydrogens (tertiary/aromatic N) is 6. The molecule has 5 rings (SSSR count). The van der Waals surface area contributed by atoms with E-state index in [0.717, 1.165) is 25.9 Å². The zero-order chi connectivity index (χ0) is 22.2. The molecule has 2 N–H and O–H groups in total. The summed E-state index contributed by atoms with van der Waals surface area (Å²) in [5.74, 6) is -0.170.